The van der Waals surface area contributed by atoms with E-state index in [1.165, 1.54) is 11.3 Å². The molecule has 0 aliphatic carbocycles. The minimum absolute atomic E-state index is 0.806. The van der Waals surface area contributed by atoms with Crippen LogP contribution in [-0.2, 0) is 17.7 Å². The van der Waals surface area contributed by atoms with E-state index >= 15 is 0 Å². The minimum atomic E-state index is 0.806. The molecule has 4 heteroatoms. The Morgan fingerprint density at radius 1 is 1.26 bits per heavy atom. The molecule has 2 rings (SSSR count). The summed E-state index contributed by atoms with van der Waals surface area (Å²) in [6, 6.07) is 4.42. The molecule has 106 valence electrons. The van der Waals surface area contributed by atoms with Crippen LogP contribution in [0, 0.1) is 0 Å². The van der Waals surface area contributed by atoms with Gasteiger partial charge in [-0.3, -0.25) is 0 Å². The van der Waals surface area contributed by atoms with Crippen LogP contribution in [0.25, 0.3) is 0 Å². The summed E-state index contributed by atoms with van der Waals surface area (Å²) in [5, 5.41) is 3.39. The van der Waals surface area contributed by atoms with E-state index in [1.54, 1.807) is 0 Å². The molecular weight excluding hydrogens is 238 g/mol. The number of ether oxygens (including phenoxy) is 1. The number of hydrogen-bond donors (Lipinski definition) is 1. The van der Waals surface area contributed by atoms with E-state index in [9.17, 15) is 0 Å². The van der Waals surface area contributed by atoms with Crippen molar-refractivity contribution in [2.24, 2.45) is 0 Å². The Morgan fingerprint density at radius 2 is 2.16 bits per heavy atom. The molecule has 1 saturated heterocycles. The van der Waals surface area contributed by atoms with Gasteiger partial charge in [0.1, 0.15) is 5.82 Å². The summed E-state index contributed by atoms with van der Waals surface area (Å²) < 4.78 is 5.52. The van der Waals surface area contributed by atoms with E-state index in [4.69, 9.17) is 9.72 Å². The molecule has 1 aliphatic heterocycles. The lowest BCUT2D eigenvalue weighted by Gasteiger charge is -2.22. The first-order valence-corrected chi connectivity index (χ1v) is 7.36. The molecule has 0 unspecified atom stereocenters. The highest BCUT2D eigenvalue weighted by molar-refractivity contribution is 5.43. The summed E-state index contributed by atoms with van der Waals surface area (Å²) >= 11 is 0. The van der Waals surface area contributed by atoms with Gasteiger partial charge < -0.3 is 15.0 Å². The minimum Gasteiger partial charge on any atom is -0.380 e. The molecule has 0 saturated carbocycles. The van der Waals surface area contributed by atoms with Crippen LogP contribution in [0.3, 0.4) is 0 Å². The van der Waals surface area contributed by atoms with Gasteiger partial charge in [-0.1, -0.05) is 13.8 Å². The lowest BCUT2D eigenvalue weighted by atomic mass is 10.2. The third-order valence-corrected chi connectivity index (χ3v) is 3.41. The van der Waals surface area contributed by atoms with Gasteiger partial charge in [-0.05, 0) is 37.1 Å². The van der Waals surface area contributed by atoms with Gasteiger partial charge in [-0.2, -0.15) is 0 Å². The van der Waals surface area contributed by atoms with Crippen molar-refractivity contribution >= 4 is 5.82 Å². The molecule has 0 aromatic carbocycles. The van der Waals surface area contributed by atoms with Crippen LogP contribution in [0.5, 0.6) is 0 Å². The van der Waals surface area contributed by atoms with Crippen molar-refractivity contribution in [1.29, 1.82) is 0 Å². The SMILES string of the molecule is CCNCc1cc(CC)nc(N2CCCOCC2)c1. The first kappa shape index (κ1) is 14.3. The van der Waals surface area contributed by atoms with Crippen molar-refractivity contribution in [2.75, 3.05) is 37.7 Å². The molecular formula is C15H25N3O. The number of nitrogens with one attached hydrogen (secondary N) is 1. The molecule has 0 amide bonds. The summed E-state index contributed by atoms with van der Waals surface area (Å²) in [5.74, 6) is 1.11. The second-order valence-corrected chi connectivity index (χ2v) is 4.91. The standard InChI is InChI=1S/C15H25N3O/c1-3-14-10-13(12-16-4-2)11-15(17-14)18-6-5-8-19-9-7-18/h10-11,16H,3-9,12H2,1-2H3. The molecule has 19 heavy (non-hydrogen) atoms. The van der Waals surface area contributed by atoms with E-state index in [1.807, 2.05) is 0 Å². The van der Waals surface area contributed by atoms with E-state index in [0.29, 0.717) is 0 Å². The largest absolute Gasteiger partial charge is 0.380 e. The number of rotatable bonds is 5. The van der Waals surface area contributed by atoms with Gasteiger partial charge in [-0.15, -0.1) is 0 Å². The average Bonchev–Trinajstić information content (AvgIpc) is 2.73. The Balaban J connectivity index is 2.17. The van der Waals surface area contributed by atoms with Crippen molar-refractivity contribution in [1.82, 2.24) is 10.3 Å². The Hall–Kier alpha value is -1.13. The summed E-state index contributed by atoms with van der Waals surface area (Å²) in [6.07, 6.45) is 2.07. The summed E-state index contributed by atoms with van der Waals surface area (Å²) in [7, 11) is 0. The average molecular weight is 263 g/mol. The number of aromatic nitrogens is 1. The van der Waals surface area contributed by atoms with Gasteiger partial charge in [0.2, 0.25) is 0 Å². The lowest BCUT2D eigenvalue weighted by Crippen LogP contribution is -2.27. The third-order valence-electron chi connectivity index (χ3n) is 3.41. The predicted octanol–water partition coefficient (Wildman–Crippen LogP) is 1.98. The second kappa shape index (κ2) is 7.46. The quantitative estimate of drug-likeness (QED) is 0.881. The van der Waals surface area contributed by atoms with E-state index < -0.39 is 0 Å². The van der Waals surface area contributed by atoms with Crippen LogP contribution >= 0.6 is 0 Å². The van der Waals surface area contributed by atoms with Crippen LogP contribution in [0.4, 0.5) is 5.82 Å². The van der Waals surface area contributed by atoms with E-state index in [-0.39, 0.29) is 0 Å². The van der Waals surface area contributed by atoms with Crippen molar-refractivity contribution in [3.8, 4) is 0 Å². The maximum atomic E-state index is 5.52. The molecule has 1 aromatic rings. The topological polar surface area (TPSA) is 37.4 Å². The molecule has 1 N–H and O–H groups in total. The molecule has 1 fully saturated rings. The van der Waals surface area contributed by atoms with Gasteiger partial charge in [0.25, 0.3) is 0 Å². The number of anilines is 1. The number of aryl methyl sites for hydroxylation is 1. The fraction of sp³-hybridized carbons (Fsp3) is 0.667. The van der Waals surface area contributed by atoms with Gasteiger partial charge in [0.15, 0.2) is 0 Å². The molecule has 0 radical (unpaired) electrons. The molecule has 0 spiro atoms. The van der Waals surface area contributed by atoms with Gasteiger partial charge in [-0.25, -0.2) is 4.98 Å². The van der Waals surface area contributed by atoms with Crippen LogP contribution in [0.15, 0.2) is 12.1 Å². The normalized spacial score (nSPS) is 16.4. The third kappa shape index (κ3) is 4.18. The fourth-order valence-corrected chi connectivity index (χ4v) is 2.32. The first-order valence-electron chi connectivity index (χ1n) is 7.36. The molecule has 2 heterocycles. The van der Waals surface area contributed by atoms with E-state index in [0.717, 1.165) is 58.1 Å². The van der Waals surface area contributed by atoms with Crippen LogP contribution in [0.2, 0.25) is 0 Å². The number of hydrogen-bond acceptors (Lipinski definition) is 4. The maximum Gasteiger partial charge on any atom is 0.129 e. The maximum absolute atomic E-state index is 5.52. The van der Waals surface area contributed by atoms with Crippen molar-refractivity contribution < 1.29 is 4.74 Å². The second-order valence-electron chi connectivity index (χ2n) is 4.91. The monoisotopic (exact) mass is 263 g/mol. The van der Waals surface area contributed by atoms with Crippen molar-refractivity contribution in [3.63, 3.8) is 0 Å². The zero-order valence-electron chi connectivity index (χ0n) is 12.1. The zero-order chi connectivity index (χ0) is 13.5. The molecule has 1 aromatic heterocycles. The first-order chi connectivity index (χ1) is 9.33. The smallest absolute Gasteiger partial charge is 0.129 e. The van der Waals surface area contributed by atoms with Crippen LogP contribution < -0.4 is 10.2 Å². The Bertz CT molecular complexity index is 387. The fourth-order valence-electron chi connectivity index (χ4n) is 2.32. The van der Waals surface area contributed by atoms with Crippen LogP contribution in [0.1, 0.15) is 31.5 Å². The summed E-state index contributed by atoms with van der Waals surface area (Å²) in [6.45, 7) is 9.88. The summed E-state index contributed by atoms with van der Waals surface area (Å²) in [5.41, 5.74) is 2.50. The predicted molar refractivity (Wildman–Crippen MR) is 78.6 cm³/mol. The van der Waals surface area contributed by atoms with E-state index in [2.05, 4.69) is 36.2 Å². The van der Waals surface area contributed by atoms with Crippen molar-refractivity contribution in [3.05, 3.63) is 23.4 Å². The van der Waals surface area contributed by atoms with Gasteiger partial charge in [0.05, 0.1) is 6.61 Å². The molecule has 4 nitrogen and oxygen atoms in total. The highest BCUT2D eigenvalue weighted by Crippen LogP contribution is 2.17. The molecule has 1 aliphatic rings. The highest BCUT2D eigenvalue weighted by atomic mass is 16.5. The zero-order valence-corrected chi connectivity index (χ0v) is 12.1. The molecule has 0 atom stereocenters. The Labute approximate surface area is 116 Å². The van der Waals surface area contributed by atoms with Crippen molar-refractivity contribution in [2.45, 2.75) is 33.2 Å². The highest BCUT2D eigenvalue weighted by Gasteiger charge is 2.12. The number of nitrogens with zero attached hydrogens (tertiary/aromatic N) is 2. The van der Waals surface area contributed by atoms with Crippen LogP contribution in [-0.4, -0.2) is 37.8 Å². The summed E-state index contributed by atoms with van der Waals surface area (Å²) in [4.78, 5) is 7.12. The lowest BCUT2D eigenvalue weighted by molar-refractivity contribution is 0.152. The van der Waals surface area contributed by atoms with Gasteiger partial charge in [0, 0.05) is 31.9 Å². The van der Waals surface area contributed by atoms with Gasteiger partial charge >= 0.3 is 0 Å². The number of pyridine rings is 1. The molecule has 0 bridgehead atoms. The Morgan fingerprint density at radius 3 is 2.95 bits per heavy atom. The Kier molecular flexibility index (Phi) is 5.61.